The van der Waals surface area contributed by atoms with Gasteiger partial charge in [0.1, 0.15) is 11.6 Å². The first-order valence-corrected chi connectivity index (χ1v) is 5.70. The molecule has 0 aromatic heterocycles. The fourth-order valence-corrected chi connectivity index (χ4v) is 3.03. The first-order chi connectivity index (χ1) is 7.97. The maximum Gasteiger partial charge on any atom is 0.279 e. The van der Waals surface area contributed by atoms with Gasteiger partial charge in [0.15, 0.2) is 0 Å². The third-order valence-corrected chi connectivity index (χ3v) is 4.17. The second-order valence-corrected chi connectivity index (χ2v) is 5.21. The molecule has 0 unspecified atom stereocenters. The van der Waals surface area contributed by atoms with Crippen LogP contribution in [0.5, 0.6) is 5.75 Å². The third-order valence-electron chi connectivity index (χ3n) is 4.17. The van der Waals surface area contributed by atoms with Gasteiger partial charge in [0, 0.05) is 17.0 Å². The number of benzene rings is 1. The van der Waals surface area contributed by atoms with Gasteiger partial charge in [-0.3, -0.25) is 0 Å². The van der Waals surface area contributed by atoms with Crippen LogP contribution < -0.4 is 4.74 Å². The van der Waals surface area contributed by atoms with Gasteiger partial charge in [-0.05, 0) is 37.3 Å². The highest BCUT2D eigenvalue weighted by Gasteiger charge is 2.69. The van der Waals surface area contributed by atoms with Crippen LogP contribution in [0.1, 0.15) is 24.8 Å². The van der Waals surface area contributed by atoms with E-state index in [2.05, 4.69) is 0 Å². The molecule has 0 radical (unpaired) electrons. The molecule has 92 valence electrons. The molecule has 3 aliphatic carbocycles. The molecule has 0 N–H and O–H groups in total. The van der Waals surface area contributed by atoms with Crippen molar-refractivity contribution >= 4 is 0 Å². The Labute approximate surface area is 97.6 Å². The molecule has 4 heteroatoms. The van der Waals surface area contributed by atoms with Gasteiger partial charge in [-0.2, -0.15) is 0 Å². The summed E-state index contributed by atoms with van der Waals surface area (Å²) in [4.78, 5) is 0. The van der Waals surface area contributed by atoms with Crippen molar-refractivity contribution in [2.24, 2.45) is 11.3 Å². The van der Waals surface area contributed by atoms with E-state index in [0.29, 0.717) is 25.2 Å². The molecule has 3 saturated carbocycles. The van der Waals surface area contributed by atoms with Crippen LogP contribution in [0.3, 0.4) is 0 Å². The van der Waals surface area contributed by atoms with Crippen molar-refractivity contribution in [3.05, 3.63) is 29.6 Å². The van der Waals surface area contributed by atoms with E-state index in [0.717, 1.165) is 12.1 Å². The Balaban J connectivity index is 1.99. The summed E-state index contributed by atoms with van der Waals surface area (Å²) < 4.78 is 46.7. The molecule has 0 saturated heterocycles. The number of ether oxygens (including phenoxy) is 1. The molecule has 1 aromatic rings. The fraction of sp³-hybridized carbons (Fsp3) is 0.538. The Morgan fingerprint density at radius 2 is 1.88 bits per heavy atom. The van der Waals surface area contributed by atoms with E-state index >= 15 is 0 Å². The van der Waals surface area contributed by atoms with E-state index in [4.69, 9.17) is 4.74 Å². The minimum Gasteiger partial charge on any atom is -0.497 e. The molecule has 17 heavy (non-hydrogen) atoms. The SMILES string of the molecule is COc1cc(F)cc(C(F)(F)C23CC(C2)C3)c1. The highest BCUT2D eigenvalue weighted by molar-refractivity contribution is 5.35. The second kappa shape index (κ2) is 3.18. The van der Waals surface area contributed by atoms with Crippen LogP contribution in [-0.2, 0) is 5.92 Å². The van der Waals surface area contributed by atoms with Gasteiger partial charge in [-0.1, -0.05) is 0 Å². The first-order valence-electron chi connectivity index (χ1n) is 5.70. The highest BCUT2D eigenvalue weighted by Crippen LogP contribution is 2.73. The van der Waals surface area contributed by atoms with Crippen LogP contribution >= 0.6 is 0 Å². The van der Waals surface area contributed by atoms with Gasteiger partial charge in [0.2, 0.25) is 0 Å². The summed E-state index contributed by atoms with van der Waals surface area (Å²) in [5.41, 5.74) is -1.16. The standard InChI is InChI=1S/C13H13F3O/c1-17-11-3-9(2-10(14)4-11)13(15,16)12-5-8(6-12)7-12/h2-4,8H,5-7H2,1H3. The van der Waals surface area contributed by atoms with Gasteiger partial charge in [-0.25, -0.2) is 13.2 Å². The Morgan fingerprint density at radius 3 is 2.35 bits per heavy atom. The van der Waals surface area contributed by atoms with Crippen LogP contribution in [0.2, 0.25) is 0 Å². The van der Waals surface area contributed by atoms with Crippen molar-refractivity contribution < 1.29 is 17.9 Å². The van der Waals surface area contributed by atoms with Gasteiger partial charge in [-0.15, -0.1) is 0 Å². The van der Waals surface area contributed by atoms with E-state index < -0.39 is 17.2 Å². The lowest BCUT2D eigenvalue weighted by Gasteiger charge is -2.64. The molecular formula is C13H13F3O. The second-order valence-electron chi connectivity index (χ2n) is 5.21. The van der Waals surface area contributed by atoms with E-state index in [9.17, 15) is 13.2 Å². The first kappa shape index (κ1) is 10.9. The smallest absolute Gasteiger partial charge is 0.279 e. The summed E-state index contributed by atoms with van der Waals surface area (Å²) >= 11 is 0. The lowest BCUT2D eigenvalue weighted by molar-refractivity contribution is -0.271. The molecule has 4 rings (SSSR count). The Morgan fingerprint density at radius 1 is 1.24 bits per heavy atom. The molecular weight excluding hydrogens is 229 g/mol. The predicted octanol–water partition coefficient (Wildman–Crippen LogP) is 3.73. The molecule has 0 amide bonds. The quantitative estimate of drug-likeness (QED) is 0.784. The van der Waals surface area contributed by atoms with Crippen molar-refractivity contribution in [3.63, 3.8) is 0 Å². The summed E-state index contributed by atoms with van der Waals surface area (Å²) in [7, 11) is 1.34. The monoisotopic (exact) mass is 242 g/mol. The van der Waals surface area contributed by atoms with E-state index in [-0.39, 0.29) is 11.3 Å². The molecule has 2 bridgehead atoms. The number of rotatable bonds is 3. The van der Waals surface area contributed by atoms with Gasteiger partial charge in [0.05, 0.1) is 7.11 Å². The van der Waals surface area contributed by atoms with Gasteiger partial charge >= 0.3 is 0 Å². The Kier molecular flexibility index (Phi) is 2.04. The molecule has 0 atom stereocenters. The molecule has 3 aliphatic rings. The summed E-state index contributed by atoms with van der Waals surface area (Å²) in [6.45, 7) is 0. The molecule has 3 fully saturated rings. The number of methoxy groups -OCH3 is 1. The zero-order chi connectivity index (χ0) is 12.3. The van der Waals surface area contributed by atoms with Crippen LogP contribution in [0.25, 0.3) is 0 Å². The van der Waals surface area contributed by atoms with Gasteiger partial charge < -0.3 is 4.74 Å². The predicted molar refractivity (Wildman–Crippen MR) is 56.6 cm³/mol. The van der Waals surface area contributed by atoms with Crippen LogP contribution in [0.15, 0.2) is 18.2 Å². The summed E-state index contributed by atoms with van der Waals surface area (Å²) in [6.07, 6.45) is 1.70. The van der Waals surface area contributed by atoms with Crippen molar-refractivity contribution in [1.29, 1.82) is 0 Å². The van der Waals surface area contributed by atoms with Gasteiger partial charge in [0.25, 0.3) is 5.92 Å². The summed E-state index contributed by atoms with van der Waals surface area (Å²) in [5.74, 6) is -3.01. The van der Waals surface area contributed by atoms with E-state index in [1.165, 1.54) is 13.2 Å². The molecule has 0 spiro atoms. The minimum atomic E-state index is -2.95. The van der Waals surface area contributed by atoms with Crippen LogP contribution in [0.4, 0.5) is 13.2 Å². The number of alkyl halides is 2. The summed E-state index contributed by atoms with van der Waals surface area (Å²) in [6, 6.07) is 3.27. The maximum atomic E-state index is 14.3. The Hall–Kier alpha value is -1.19. The normalized spacial score (nSPS) is 30.5. The molecule has 1 nitrogen and oxygen atoms in total. The van der Waals surface area contributed by atoms with E-state index in [1.54, 1.807) is 0 Å². The van der Waals surface area contributed by atoms with Crippen molar-refractivity contribution in [1.82, 2.24) is 0 Å². The fourth-order valence-electron chi connectivity index (χ4n) is 3.03. The third kappa shape index (κ3) is 1.33. The molecule has 0 heterocycles. The highest BCUT2D eigenvalue weighted by atomic mass is 19.3. The zero-order valence-corrected chi connectivity index (χ0v) is 9.47. The molecule has 0 aliphatic heterocycles. The number of hydrogen-bond donors (Lipinski definition) is 0. The molecule has 1 aromatic carbocycles. The lowest BCUT2D eigenvalue weighted by atomic mass is 9.41. The average molecular weight is 242 g/mol. The lowest BCUT2D eigenvalue weighted by Crippen LogP contribution is -2.60. The minimum absolute atomic E-state index is 0.145. The van der Waals surface area contributed by atoms with Crippen molar-refractivity contribution in [3.8, 4) is 5.75 Å². The van der Waals surface area contributed by atoms with Crippen LogP contribution in [0, 0.1) is 17.2 Å². The number of halogens is 3. The topological polar surface area (TPSA) is 9.23 Å². The van der Waals surface area contributed by atoms with E-state index in [1.807, 2.05) is 0 Å². The zero-order valence-electron chi connectivity index (χ0n) is 9.47. The summed E-state index contributed by atoms with van der Waals surface area (Å²) in [5, 5.41) is 0. The maximum absolute atomic E-state index is 14.3. The van der Waals surface area contributed by atoms with Crippen molar-refractivity contribution in [2.45, 2.75) is 25.2 Å². The number of hydrogen-bond acceptors (Lipinski definition) is 1. The largest absolute Gasteiger partial charge is 0.497 e. The Bertz CT molecular complexity index is 453. The average Bonchev–Trinajstić information content (AvgIpc) is 2.11. The van der Waals surface area contributed by atoms with Crippen molar-refractivity contribution in [2.75, 3.05) is 7.11 Å². The van der Waals surface area contributed by atoms with Crippen LogP contribution in [-0.4, -0.2) is 7.11 Å².